The van der Waals surface area contributed by atoms with Gasteiger partial charge in [-0.25, -0.2) is 9.50 Å². The Morgan fingerprint density at radius 1 is 1.27 bits per heavy atom. The average molecular weight is 405 g/mol. The Bertz CT molecular complexity index is 1190. The van der Waals surface area contributed by atoms with Crippen LogP contribution in [0.3, 0.4) is 0 Å². The first-order valence-corrected chi connectivity index (χ1v) is 10.4. The van der Waals surface area contributed by atoms with Crippen molar-refractivity contribution in [3.63, 3.8) is 0 Å². The van der Waals surface area contributed by atoms with Crippen LogP contribution in [-0.4, -0.2) is 43.3 Å². The second-order valence-electron chi connectivity index (χ2n) is 8.76. The van der Waals surface area contributed by atoms with E-state index in [-0.39, 0.29) is 5.56 Å². The van der Waals surface area contributed by atoms with Gasteiger partial charge >= 0.3 is 0 Å². The summed E-state index contributed by atoms with van der Waals surface area (Å²) in [7, 11) is 0. The lowest BCUT2D eigenvalue weighted by atomic mass is 10.1. The summed E-state index contributed by atoms with van der Waals surface area (Å²) in [6.07, 6.45) is 1.05. The van der Waals surface area contributed by atoms with Gasteiger partial charge in [-0.1, -0.05) is 24.0 Å². The fraction of sp³-hybridized carbons (Fsp3) is 0.417. The van der Waals surface area contributed by atoms with Crippen LogP contribution in [0.2, 0.25) is 0 Å². The first-order valence-electron chi connectivity index (χ1n) is 10.4. The van der Waals surface area contributed by atoms with Crippen molar-refractivity contribution in [2.75, 3.05) is 13.1 Å². The third kappa shape index (κ3) is 4.33. The Morgan fingerprint density at radius 2 is 2.00 bits per heavy atom. The molecule has 1 saturated heterocycles. The Hall–Kier alpha value is -2.88. The van der Waals surface area contributed by atoms with Gasteiger partial charge < -0.3 is 5.11 Å². The molecule has 0 bridgehead atoms. The number of nitrogens with one attached hydrogen (secondary N) is 1. The van der Waals surface area contributed by atoms with E-state index < -0.39 is 5.60 Å². The highest BCUT2D eigenvalue weighted by Gasteiger charge is 2.26. The van der Waals surface area contributed by atoms with E-state index in [0.717, 1.165) is 43.0 Å². The first-order chi connectivity index (χ1) is 14.2. The number of H-pyrrole nitrogens is 1. The molecule has 2 aromatic heterocycles. The molecule has 6 heteroatoms. The molecule has 3 aromatic rings. The van der Waals surface area contributed by atoms with Gasteiger partial charge in [0, 0.05) is 47.6 Å². The maximum absolute atomic E-state index is 12.5. The minimum absolute atomic E-state index is 0.0219. The fourth-order valence-electron chi connectivity index (χ4n) is 3.85. The molecule has 1 aromatic carbocycles. The van der Waals surface area contributed by atoms with Crippen LogP contribution in [-0.2, 0) is 6.54 Å². The monoisotopic (exact) mass is 404 g/mol. The van der Waals surface area contributed by atoms with Crippen LogP contribution in [0.15, 0.2) is 35.1 Å². The summed E-state index contributed by atoms with van der Waals surface area (Å²) >= 11 is 0. The number of likely N-dealkylation sites (tertiary alicyclic amines) is 1. The normalized spacial score (nSPS) is 17.3. The van der Waals surface area contributed by atoms with Crippen molar-refractivity contribution >= 4 is 5.65 Å². The molecule has 0 spiro atoms. The van der Waals surface area contributed by atoms with E-state index >= 15 is 0 Å². The van der Waals surface area contributed by atoms with Crippen molar-refractivity contribution < 1.29 is 5.11 Å². The molecule has 0 saturated carbocycles. The summed E-state index contributed by atoms with van der Waals surface area (Å²) in [6.45, 7) is 9.89. The minimum Gasteiger partial charge on any atom is -0.378 e. The first kappa shape index (κ1) is 20.4. The van der Waals surface area contributed by atoms with Crippen molar-refractivity contribution in [3.05, 3.63) is 68.8 Å². The number of hydrogen-bond acceptors (Lipinski definition) is 4. The van der Waals surface area contributed by atoms with Crippen molar-refractivity contribution in [1.82, 2.24) is 19.5 Å². The molecule has 4 rings (SSSR count). The summed E-state index contributed by atoms with van der Waals surface area (Å²) in [6, 6.07) is 10.2. The predicted molar refractivity (Wildman–Crippen MR) is 118 cm³/mol. The standard InChI is InChI=1S/C24H28N4O2/c1-16-17(2)25-22-13-21(26-28(22)23(16)29)20-10-12-27(15-20)14-19-7-5-18(6-8-19)9-11-24(3,4)30/h5-8,13,20,26,30H,10,12,14-15H2,1-4H3/t20-/m0/s1. The molecular formula is C24H28N4O2. The zero-order valence-corrected chi connectivity index (χ0v) is 18.0. The zero-order valence-electron chi connectivity index (χ0n) is 18.0. The molecule has 1 aliphatic heterocycles. The average Bonchev–Trinajstić information content (AvgIpc) is 3.32. The SMILES string of the molecule is Cc1nc2cc([C@H]3CCN(Cc4ccc(C#CC(C)(C)O)cc4)C3)[nH]n2c(=O)c1C. The van der Waals surface area contributed by atoms with Crippen LogP contribution in [0.25, 0.3) is 5.65 Å². The molecule has 6 nitrogen and oxygen atoms in total. The highest BCUT2D eigenvalue weighted by atomic mass is 16.3. The van der Waals surface area contributed by atoms with Crippen LogP contribution in [0.5, 0.6) is 0 Å². The van der Waals surface area contributed by atoms with Gasteiger partial charge in [-0.15, -0.1) is 0 Å². The zero-order chi connectivity index (χ0) is 21.5. The molecule has 2 N–H and O–H groups in total. The summed E-state index contributed by atoms with van der Waals surface area (Å²) in [5.41, 5.74) is 4.38. The van der Waals surface area contributed by atoms with Gasteiger partial charge in [0.1, 0.15) is 5.60 Å². The van der Waals surface area contributed by atoms with Crippen molar-refractivity contribution in [3.8, 4) is 11.8 Å². The molecule has 0 amide bonds. The molecule has 30 heavy (non-hydrogen) atoms. The molecular weight excluding hydrogens is 376 g/mol. The minimum atomic E-state index is -0.982. The van der Waals surface area contributed by atoms with Gasteiger partial charge in [-0.2, -0.15) is 0 Å². The summed E-state index contributed by atoms with van der Waals surface area (Å²) in [4.78, 5) is 19.4. The molecule has 0 radical (unpaired) electrons. The highest BCUT2D eigenvalue weighted by molar-refractivity contribution is 5.42. The Balaban J connectivity index is 1.44. The van der Waals surface area contributed by atoms with E-state index in [1.165, 1.54) is 5.56 Å². The highest BCUT2D eigenvalue weighted by Crippen LogP contribution is 2.27. The largest absolute Gasteiger partial charge is 0.378 e. The second-order valence-corrected chi connectivity index (χ2v) is 8.76. The Morgan fingerprint density at radius 3 is 2.70 bits per heavy atom. The van der Waals surface area contributed by atoms with E-state index in [0.29, 0.717) is 17.1 Å². The second kappa shape index (κ2) is 7.75. The van der Waals surface area contributed by atoms with E-state index in [1.54, 1.807) is 18.4 Å². The van der Waals surface area contributed by atoms with Gasteiger partial charge in [-0.05, 0) is 58.4 Å². The third-order valence-corrected chi connectivity index (χ3v) is 5.69. The van der Waals surface area contributed by atoms with Crippen molar-refractivity contribution in [1.29, 1.82) is 0 Å². The van der Waals surface area contributed by atoms with Gasteiger partial charge in [0.25, 0.3) is 5.56 Å². The summed E-state index contributed by atoms with van der Waals surface area (Å²) in [5.74, 6) is 6.21. The summed E-state index contributed by atoms with van der Waals surface area (Å²) in [5, 5.41) is 13.0. The topological polar surface area (TPSA) is 73.6 Å². The quantitative estimate of drug-likeness (QED) is 0.659. The fourth-order valence-corrected chi connectivity index (χ4v) is 3.85. The number of aliphatic hydroxyl groups is 1. The Labute approximate surface area is 176 Å². The lowest BCUT2D eigenvalue weighted by Gasteiger charge is -2.15. The number of fused-ring (bicyclic) bond motifs is 1. The van der Waals surface area contributed by atoms with Crippen LogP contribution < -0.4 is 5.56 Å². The van der Waals surface area contributed by atoms with E-state index in [2.05, 4.69) is 39.0 Å². The number of aryl methyl sites for hydroxylation is 1. The number of nitrogens with zero attached hydrogens (tertiary/aromatic N) is 3. The van der Waals surface area contributed by atoms with Crippen LogP contribution in [0.1, 0.15) is 54.3 Å². The van der Waals surface area contributed by atoms with E-state index in [4.69, 9.17) is 0 Å². The molecule has 0 aliphatic carbocycles. The van der Waals surface area contributed by atoms with Gasteiger partial charge in [0.05, 0.1) is 0 Å². The van der Waals surface area contributed by atoms with E-state index in [1.807, 2.05) is 32.0 Å². The molecule has 1 aliphatic rings. The molecule has 1 atom stereocenters. The van der Waals surface area contributed by atoms with Gasteiger partial charge in [0.15, 0.2) is 5.65 Å². The number of aromatic amines is 1. The maximum Gasteiger partial charge on any atom is 0.275 e. The number of rotatable bonds is 3. The van der Waals surface area contributed by atoms with Crippen LogP contribution >= 0.6 is 0 Å². The number of aromatic nitrogens is 3. The lowest BCUT2D eigenvalue weighted by molar-refractivity contribution is 0.143. The van der Waals surface area contributed by atoms with Crippen LogP contribution in [0, 0.1) is 25.7 Å². The molecule has 1 fully saturated rings. The summed E-state index contributed by atoms with van der Waals surface area (Å²) < 4.78 is 1.56. The number of hydrogen-bond donors (Lipinski definition) is 2. The number of benzene rings is 1. The van der Waals surface area contributed by atoms with Crippen molar-refractivity contribution in [2.45, 2.75) is 52.2 Å². The predicted octanol–water partition coefficient (Wildman–Crippen LogP) is 2.75. The third-order valence-electron chi connectivity index (χ3n) is 5.69. The van der Waals surface area contributed by atoms with Crippen molar-refractivity contribution in [2.24, 2.45) is 0 Å². The lowest BCUT2D eigenvalue weighted by Crippen LogP contribution is -2.20. The Kier molecular flexibility index (Phi) is 5.27. The smallest absolute Gasteiger partial charge is 0.275 e. The molecule has 156 valence electrons. The van der Waals surface area contributed by atoms with Gasteiger partial charge in [0.2, 0.25) is 0 Å². The van der Waals surface area contributed by atoms with E-state index in [9.17, 15) is 9.90 Å². The van der Waals surface area contributed by atoms with Gasteiger partial charge in [-0.3, -0.25) is 14.8 Å². The molecule has 0 unspecified atom stereocenters. The maximum atomic E-state index is 12.5. The molecule has 3 heterocycles. The van der Waals surface area contributed by atoms with Crippen LogP contribution in [0.4, 0.5) is 0 Å².